The molecule has 130 valence electrons. The second-order valence-electron chi connectivity index (χ2n) is 5.37. The lowest BCUT2D eigenvalue weighted by atomic mass is 10.0. The van der Waals surface area contributed by atoms with Gasteiger partial charge in [0.1, 0.15) is 17.6 Å². The molecule has 25 heavy (non-hydrogen) atoms. The summed E-state index contributed by atoms with van der Waals surface area (Å²) in [5.41, 5.74) is 14.2. The summed E-state index contributed by atoms with van der Waals surface area (Å²) in [6, 6.07) is 5.36. The largest absolute Gasteiger partial charge is 0.397 e. The van der Waals surface area contributed by atoms with Gasteiger partial charge in [-0.05, 0) is 30.7 Å². The minimum atomic E-state index is -0.452. The predicted molar refractivity (Wildman–Crippen MR) is 94.1 cm³/mol. The van der Waals surface area contributed by atoms with Crippen molar-refractivity contribution < 1.29 is 4.39 Å². The zero-order valence-electron chi connectivity index (χ0n) is 13.7. The van der Waals surface area contributed by atoms with Crippen molar-refractivity contribution in [1.82, 2.24) is 9.97 Å². The van der Waals surface area contributed by atoms with Crippen LogP contribution in [-0.2, 0) is 6.42 Å². The molecule has 0 amide bonds. The summed E-state index contributed by atoms with van der Waals surface area (Å²) in [6.45, 7) is 1.62. The van der Waals surface area contributed by atoms with Crippen LogP contribution >= 0.6 is 0 Å². The maximum absolute atomic E-state index is 12.2. The number of halogens is 1. The van der Waals surface area contributed by atoms with E-state index >= 15 is 0 Å². The van der Waals surface area contributed by atoms with Gasteiger partial charge in [-0.15, -0.1) is 4.91 Å². The van der Waals surface area contributed by atoms with Crippen molar-refractivity contribution in [1.29, 1.82) is 5.26 Å². The Balaban J connectivity index is 2.35. The molecule has 0 spiro atoms. The highest BCUT2D eigenvalue weighted by molar-refractivity contribution is 5.77. The van der Waals surface area contributed by atoms with Crippen LogP contribution in [0.1, 0.15) is 28.9 Å². The summed E-state index contributed by atoms with van der Waals surface area (Å²) in [5.74, 6) is 0.247. The zero-order valence-corrected chi connectivity index (χ0v) is 13.7. The van der Waals surface area contributed by atoms with Gasteiger partial charge in [0.2, 0.25) is 5.82 Å². The Bertz CT molecular complexity index is 832. The fourth-order valence-corrected chi connectivity index (χ4v) is 2.33. The van der Waals surface area contributed by atoms with Gasteiger partial charge in [-0.25, -0.2) is 9.97 Å². The van der Waals surface area contributed by atoms with E-state index < -0.39 is 6.67 Å². The number of nitrogens with one attached hydrogen (secondary N) is 1. The van der Waals surface area contributed by atoms with Crippen LogP contribution < -0.4 is 16.8 Å². The molecule has 2 aromatic rings. The van der Waals surface area contributed by atoms with Gasteiger partial charge < -0.3 is 16.8 Å². The molecule has 0 saturated heterocycles. The summed E-state index contributed by atoms with van der Waals surface area (Å²) in [7, 11) is 0. The Hall–Kier alpha value is -3.28. The van der Waals surface area contributed by atoms with E-state index in [1.54, 1.807) is 19.1 Å². The molecule has 2 heterocycles. The van der Waals surface area contributed by atoms with Crippen molar-refractivity contribution in [2.75, 3.05) is 30.0 Å². The van der Waals surface area contributed by atoms with E-state index in [0.29, 0.717) is 47.7 Å². The van der Waals surface area contributed by atoms with Crippen molar-refractivity contribution in [3.05, 3.63) is 39.6 Å². The Morgan fingerprint density at radius 2 is 2.08 bits per heavy atom. The molecule has 2 rings (SSSR count). The standard InChI is InChI=1S/C16H18FN7O/c1-9-12(13(19)14(20)16(22-9)24-25)7-11-4-3-10(8-18)15(23-11)21-6-2-5-17/h3-4H,2,5-7,20H2,1H3,(H2,19,22)(H,21,23). The monoisotopic (exact) mass is 343 g/mol. The van der Waals surface area contributed by atoms with Gasteiger partial charge in [0.15, 0.2) is 0 Å². The number of alkyl halides is 1. The minimum Gasteiger partial charge on any atom is -0.397 e. The molecule has 0 bridgehead atoms. The fourth-order valence-electron chi connectivity index (χ4n) is 2.33. The summed E-state index contributed by atoms with van der Waals surface area (Å²) in [5, 5.41) is 14.9. The molecule has 0 aliphatic rings. The lowest BCUT2D eigenvalue weighted by molar-refractivity contribution is 0.481. The first-order valence-electron chi connectivity index (χ1n) is 7.59. The topological polar surface area (TPSA) is 143 Å². The molecule has 0 unspecified atom stereocenters. The van der Waals surface area contributed by atoms with E-state index in [4.69, 9.17) is 16.7 Å². The molecule has 2 aromatic heterocycles. The number of rotatable bonds is 7. The van der Waals surface area contributed by atoms with Gasteiger partial charge in [-0.2, -0.15) is 5.26 Å². The number of nitrogen functional groups attached to an aromatic ring is 2. The predicted octanol–water partition coefficient (Wildman–Crippen LogP) is 2.58. The summed E-state index contributed by atoms with van der Waals surface area (Å²) >= 11 is 0. The third-order valence-electron chi connectivity index (χ3n) is 3.69. The average molecular weight is 343 g/mol. The number of nitrogens with two attached hydrogens (primary N) is 2. The Morgan fingerprint density at radius 1 is 1.32 bits per heavy atom. The lowest BCUT2D eigenvalue weighted by Crippen LogP contribution is -2.09. The lowest BCUT2D eigenvalue weighted by Gasteiger charge is -2.13. The van der Waals surface area contributed by atoms with Gasteiger partial charge in [-0.1, -0.05) is 0 Å². The first-order valence-corrected chi connectivity index (χ1v) is 7.59. The van der Waals surface area contributed by atoms with Crippen molar-refractivity contribution in [2.45, 2.75) is 19.8 Å². The molecular weight excluding hydrogens is 325 g/mol. The normalized spacial score (nSPS) is 10.3. The third-order valence-corrected chi connectivity index (χ3v) is 3.69. The molecule has 9 heteroatoms. The number of nitriles is 1. The summed E-state index contributed by atoms with van der Waals surface area (Å²) in [6.07, 6.45) is 0.640. The third kappa shape index (κ3) is 3.98. The van der Waals surface area contributed by atoms with Crippen molar-refractivity contribution in [3.63, 3.8) is 0 Å². The van der Waals surface area contributed by atoms with Crippen LogP contribution in [0.3, 0.4) is 0 Å². The van der Waals surface area contributed by atoms with E-state index in [-0.39, 0.29) is 17.2 Å². The molecular formula is C16H18FN7O. The number of pyridine rings is 2. The minimum absolute atomic E-state index is 0.0329. The molecule has 0 aliphatic carbocycles. The number of aryl methyl sites for hydroxylation is 1. The number of aromatic nitrogens is 2. The number of nitrogens with zero attached hydrogens (tertiary/aromatic N) is 4. The number of hydrogen-bond donors (Lipinski definition) is 3. The maximum atomic E-state index is 12.2. The average Bonchev–Trinajstić information content (AvgIpc) is 2.62. The van der Waals surface area contributed by atoms with Crippen LogP contribution in [0.25, 0.3) is 0 Å². The van der Waals surface area contributed by atoms with Gasteiger partial charge in [0, 0.05) is 29.9 Å². The molecule has 0 atom stereocenters. The molecule has 5 N–H and O–H groups in total. The van der Waals surface area contributed by atoms with Crippen molar-refractivity contribution >= 4 is 23.0 Å². The first kappa shape index (κ1) is 18.1. The van der Waals surface area contributed by atoms with Crippen LogP contribution in [0.15, 0.2) is 17.3 Å². The summed E-state index contributed by atoms with van der Waals surface area (Å²) in [4.78, 5) is 19.2. The second-order valence-corrected chi connectivity index (χ2v) is 5.37. The second kappa shape index (κ2) is 8.01. The van der Waals surface area contributed by atoms with E-state index in [0.717, 1.165) is 0 Å². The Labute approximate surface area is 144 Å². The number of anilines is 3. The molecule has 8 nitrogen and oxygen atoms in total. The number of hydrogen-bond acceptors (Lipinski definition) is 8. The van der Waals surface area contributed by atoms with E-state index in [9.17, 15) is 9.30 Å². The van der Waals surface area contributed by atoms with Crippen molar-refractivity contribution in [2.24, 2.45) is 5.18 Å². The molecule has 0 aliphatic heterocycles. The summed E-state index contributed by atoms with van der Waals surface area (Å²) < 4.78 is 12.2. The smallest absolute Gasteiger partial charge is 0.222 e. The fraction of sp³-hybridized carbons (Fsp3) is 0.312. The first-order chi connectivity index (χ1) is 12.0. The van der Waals surface area contributed by atoms with E-state index in [1.165, 1.54) is 0 Å². The molecule has 0 fully saturated rings. The highest BCUT2D eigenvalue weighted by Crippen LogP contribution is 2.32. The Morgan fingerprint density at radius 3 is 2.72 bits per heavy atom. The highest BCUT2D eigenvalue weighted by Gasteiger charge is 2.16. The van der Waals surface area contributed by atoms with Crippen molar-refractivity contribution in [3.8, 4) is 6.07 Å². The zero-order chi connectivity index (χ0) is 18.4. The quantitative estimate of drug-likeness (QED) is 0.517. The number of nitroso groups, excluding NO2 is 1. The van der Waals surface area contributed by atoms with Crippen LogP contribution in [0.2, 0.25) is 0 Å². The van der Waals surface area contributed by atoms with Crippen LogP contribution in [0, 0.1) is 23.2 Å². The van der Waals surface area contributed by atoms with Gasteiger partial charge in [0.05, 0.1) is 17.9 Å². The van der Waals surface area contributed by atoms with Crippen LogP contribution in [0.4, 0.5) is 27.4 Å². The van der Waals surface area contributed by atoms with Gasteiger partial charge in [-0.3, -0.25) is 4.39 Å². The van der Waals surface area contributed by atoms with Crippen LogP contribution in [-0.4, -0.2) is 23.2 Å². The van der Waals surface area contributed by atoms with E-state index in [2.05, 4.69) is 20.5 Å². The highest BCUT2D eigenvalue weighted by atomic mass is 19.1. The van der Waals surface area contributed by atoms with Crippen LogP contribution in [0.5, 0.6) is 0 Å². The molecule has 0 aromatic carbocycles. The molecule has 0 radical (unpaired) electrons. The van der Waals surface area contributed by atoms with Gasteiger partial charge in [0.25, 0.3) is 0 Å². The van der Waals surface area contributed by atoms with Gasteiger partial charge >= 0.3 is 0 Å². The SMILES string of the molecule is Cc1nc(N=O)c(N)c(N)c1Cc1ccc(C#N)c(NCCCF)n1. The Kier molecular flexibility index (Phi) is 5.79. The van der Waals surface area contributed by atoms with E-state index in [1.807, 2.05) is 6.07 Å². The molecule has 0 saturated carbocycles. The maximum Gasteiger partial charge on any atom is 0.222 e.